The van der Waals surface area contributed by atoms with E-state index in [1.54, 1.807) is 12.1 Å². The van der Waals surface area contributed by atoms with E-state index in [0.29, 0.717) is 25.7 Å². The number of aliphatic carboxylic acids is 1. The van der Waals surface area contributed by atoms with Gasteiger partial charge in [-0.2, -0.15) is 4.72 Å². The van der Waals surface area contributed by atoms with E-state index >= 15 is 0 Å². The Morgan fingerprint density at radius 3 is 2.37 bits per heavy atom. The first-order chi connectivity index (χ1) is 8.87. The summed E-state index contributed by atoms with van der Waals surface area (Å²) in [6.45, 7) is 0. The minimum absolute atomic E-state index is 0.0773. The number of hydrogen-bond donors (Lipinski definition) is 2. The molecular formula is C12H14ClNO4S. The Morgan fingerprint density at radius 2 is 1.84 bits per heavy atom. The summed E-state index contributed by atoms with van der Waals surface area (Å²) in [7, 11) is -3.94. The van der Waals surface area contributed by atoms with Crippen LogP contribution in [0.1, 0.15) is 25.7 Å². The van der Waals surface area contributed by atoms with Gasteiger partial charge in [0.25, 0.3) is 0 Å². The summed E-state index contributed by atoms with van der Waals surface area (Å²) in [5.41, 5.74) is -1.40. The van der Waals surface area contributed by atoms with Crippen LogP contribution in [-0.4, -0.2) is 25.0 Å². The predicted octanol–water partition coefficient (Wildman–Crippen LogP) is 2.02. The van der Waals surface area contributed by atoms with Crippen LogP contribution in [0, 0.1) is 0 Å². The Kier molecular flexibility index (Phi) is 3.85. The molecule has 2 N–H and O–H groups in total. The molecule has 1 aromatic carbocycles. The fraction of sp³-hybridized carbons (Fsp3) is 0.417. The third-order valence-corrected chi connectivity index (χ3v) is 5.36. The van der Waals surface area contributed by atoms with Crippen LogP contribution in [0.5, 0.6) is 0 Å². The van der Waals surface area contributed by atoms with Gasteiger partial charge in [-0.05, 0) is 25.0 Å². The molecule has 104 valence electrons. The molecule has 0 aromatic heterocycles. The number of sulfonamides is 1. The van der Waals surface area contributed by atoms with E-state index in [2.05, 4.69) is 4.72 Å². The number of benzene rings is 1. The molecule has 5 nitrogen and oxygen atoms in total. The van der Waals surface area contributed by atoms with Crippen LogP contribution in [0.3, 0.4) is 0 Å². The highest BCUT2D eigenvalue weighted by Gasteiger charge is 2.44. The summed E-state index contributed by atoms with van der Waals surface area (Å²) < 4.78 is 26.8. The topological polar surface area (TPSA) is 83.5 Å². The van der Waals surface area contributed by atoms with Gasteiger partial charge in [0.05, 0.1) is 5.02 Å². The lowest BCUT2D eigenvalue weighted by Crippen LogP contribution is -2.52. The quantitative estimate of drug-likeness (QED) is 0.891. The second-order valence-corrected chi connectivity index (χ2v) is 6.69. The van der Waals surface area contributed by atoms with E-state index in [1.807, 2.05) is 0 Å². The third kappa shape index (κ3) is 2.75. The van der Waals surface area contributed by atoms with Gasteiger partial charge in [-0.15, -0.1) is 0 Å². The van der Waals surface area contributed by atoms with Crippen molar-refractivity contribution >= 4 is 27.6 Å². The molecule has 1 fully saturated rings. The number of carbonyl (C=O) groups is 1. The molecule has 0 unspecified atom stereocenters. The molecule has 0 radical (unpaired) electrons. The van der Waals surface area contributed by atoms with Crippen LogP contribution in [0.15, 0.2) is 29.2 Å². The zero-order valence-corrected chi connectivity index (χ0v) is 11.7. The SMILES string of the molecule is O=C(O)C1(NS(=O)(=O)c2ccccc2Cl)CCCC1. The van der Waals surface area contributed by atoms with E-state index in [9.17, 15) is 18.3 Å². The van der Waals surface area contributed by atoms with E-state index < -0.39 is 21.5 Å². The van der Waals surface area contributed by atoms with Crippen LogP contribution in [0.4, 0.5) is 0 Å². The average molecular weight is 304 g/mol. The zero-order valence-electron chi connectivity index (χ0n) is 10.1. The minimum atomic E-state index is -3.94. The van der Waals surface area contributed by atoms with Crippen molar-refractivity contribution in [1.29, 1.82) is 0 Å². The van der Waals surface area contributed by atoms with Gasteiger partial charge in [-0.3, -0.25) is 4.79 Å². The molecule has 0 spiro atoms. The van der Waals surface area contributed by atoms with Gasteiger partial charge in [0.15, 0.2) is 0 Å². The van der Waals surface area contributed by atoms with Crippen molar-refractivity contribution in [3.63, 3.8) is 0 Å². The standard InChI is InChI=1S/C12H14ClNO4S/c13-9-5-1-2-6-10(9)19(17,18)14-12(11(15)16)7-3-4-8-12/h1-2,5-6,14H,3-4,7-8H2,(H,15,16). The molecule has 0 aliphatic heterocycles. The van der Waals surface area contributed by atoms with Crippen LogP contribution >= 0.6 is 11.6 Å². The highest BCUT2D eigenvalue weighted by Crippen LogP contribution is 2.32. The van der Waals surface area contributed by atoms with E-state index in [-0.39, 0.29) is 9.92 Å². The molecule has 0 bridgehead atoms. The van der Waals surface area contributed by atoms with Gasteiger partial charge in [0.2, 0.25) is 10.0 Å². The van der Waals surface area contributed by atoms with Crippen molar-refractivity contribution in [3.05, 3.63) is 29.3 Å². The fourth-order valence-electron chi connectivity index (χ4n) is 2.31. The van der Waals surface area contributed by atoms with Crippen LogP contribution in [0.2, 0.25) is 5.02 Å². The monoisotopic (exact) mass is 303 g/mol. The fourth-order valence-corrected chi connectivity index (χ4v) is 4.25. The Bertz CT molecular complexity index is 594. The van der Waals surface area contributed by atoms with Gasteiger partial charge < -0.3 is 5.11 Å². The van der Waals surface area contributed by atoms with Crippen molar-refractivity contribution in [2.24, 2.45) is 0 Å². The van der Waals surface area contributed by atoms with Gasteiger partial charge in [-0.25, -0.2) is 8.42 Å². The summed E-state index contributed by atoms with van der Waals surface area (Å²) in [5.74, 6) is -1.14. The maximum absolute atomic E-state index is 12.3. The number of carboxylic acids is 1. The Labute approximate surface area is 116 Å². The van der Waals surface area contributed by atoms with Gasteiger partial charge in [-0.1, -0.05) is 36.6 Å². The molecule has 1 aliphatic carbocycles. The lowest BCUT2D eigenvalue weighted by Gasteiger charge is -2.25. The van der Waals surface area contributed by atoms with Crippen molar-refractivity contribution in [2.75, 3.05) is 0 Å². The molecule has 0 heterocycles. The maximum Gasteiger partial charge on any atom is 0.324 e. The first-order valence-corrected chi connectivity index (χ1v) is 7.75. The molecular weight excluding hydrogens is 290 g/mol. The van der Waals surface area contributed by atoms with Gasteiger partial charge in [0.1, 0.15) is 10.4 Å². The van der Waals surface area contributed by atoms with Crippen molar-refractivity contribution in [1.82, 2.24) is 4.72 Å². The lowest BCUT2D eigenvalue weighted by atomic mass is 10.0. The maximum atomic E-state index is 12.3. The predicted molar refractivity (Wildman–Crippen MR) is 70.6 cm³/mol. The van der Waals surface area contributed by atoms with Crippen molar-refractivity contribution in [3.8, 4) is 0 Å². The number of hydrogen-bond acceptors (Lipinski definition) is 3. The smallest absolute Gasteiger partial charge is 0.324 e. The molecule has 0 atom stereocenters. The Hall–Kier alpha value is -1.11. The van der Waals surface area contributed by atoms with Gasteiger partial charge >= 0.3 is 5.97 Å². The van der Waals surface area contributed by atoms with E-state index in [4.69, 9.17) is 11.6 Å². The van der Waals surface area contributed by atoms with Crippen LogP contribution < -0.4 is 4.72 Å². The number of halogens is 1. The van der Waals surface area contributed by atoms with Gasteiger partial charge in [0, 0.05) is 0 Å². The summed E-state index contributed by atoms with van der Waals surface area (Å²) >= 11 is 5.85. The molecule has 1 aromatic rings. The lowest BCUT2D eigenvalue weighted by molar-refractivity contribution is -0.143. The third-order valence-electron chi connectivity index (χ3n) is 3.32. The highest BCUT2D eigenvalue weighted by molar-refractivity contribution is 7.89. The van der Waals surface area contributed by atoms with Crippen LogP contribution in [0.25, 0.3) is 0 Å². The molecule has 0 amide bonds. The zero-order chi connectivity index (χ0) is 14.1. The van der Waals surface area contributed by atoms with Crippen molar-refractivity contribution in [2.45, 2.75) is 36.1 Å². The van der Waals surface area contributed by atoms with E-state index in [0.717, 1.165) is 0 Å². The Morgan fingerprint density at radius 1 is 1.26 bits per heavy atom. The van der Waals surface area contributed by atoms with E-state index in [1.165, 1.54) is 12.1 Å². The minimum Gasteiger partial charge on any atom is -0.480 e. The molecule has 7 heteroatoms. The summed E-state index contributed by atoms with van der Waals surface area (Å²) in [6, 6.07) is 5.97. The van der Waals surface area contributed by atoms with Crippen molar-refractivity contribution < 1.29 is 18.3 Å². The second-order valence-electron chi connectivity index (χ2n) is 4.63. The largest absolute Gasteiger partial charge is 0.480 e. The molecule has 1 saturated carbocycles. The molecule has 1 aliphatic rings. The molecule has 2 rings (SSSR count). The second kappa shape index (κ2) is 5.11. The molecule has 0 saturated heterocycles. The highest BCUT2D eigenvalue weighted by atomic mass is 35.5. The Balaban J connectivity index is 2.36. The number of rotatable bonds is 4. The normalized spacial score (nSPS) is 18.4. The van der Waals surface area contributed by atoms with Crippen LogP contribution in [-0.2, 0) is 14.8 Å². The summed E-state index contributed by atoms with van der Waals surface area (Å²) in [5, 5.41) is 9.36. The summed E-state index contributed by atoms with van der Waals surface area (Å²) in [6.07, 6.45) is 1.98. The number of nitrogens with one attached hydrogen (secondary N) is 1. The number of carboxylic acid groups (broad SMARTS) is 1. The first kappa shape index (κ1) is 14.3. The summed E-state index contributed by atoms with van der Waals surface area (Å²) in [4.78, 5) is 11.3. The molecule has 19 heavy (non-hydrogen) atoms. The first-order valence-electron chi connectivity index (χ1n) is 5.89. The average Bonchev–Trinajstić information content (AvgIpc) is 2.78.